The van der Waals surface area contributed by atoms with E-state index in [-0.39, 0.29) is 0 Å². The normalized spacial score (nSPS) is 11.2. The van der Waals surface area contributed by atoms with Gasteiger partial charge in [0.2, 0.25) is 0 Å². The molecule has 0 saturated heterocycles. The van der Waals surface area contributed by atoms with Gasteiger partial charge in [-0.25, -0.2) is 0 Å². The number of rotatable bonds is 12. The first kappa shape index (κ1) is 37.2. The standard InChI is InChI=1S/C48H36O4S5/c1-49-33-13-5-29(6-14-33)37-21-25-41(53-37)45-46(42-26-22-38(54-42)30-7-15-34(50-2)16-8-30)48(44-28-24-40(56-44)32-11-19-36(52-4)20-12-32)57-47(45)43-27-23-39(55-43)31-9-17-35(51-3)18-10-31/h5-28H,1-4H3. The largest absolute Gasteiger partial charge is 0.497 e. The molecule has 0 unspecified atom stereocenters. The third-order valence-electron chi connectivity index (χ3n) is 9.77. The van der Waals surface area contributed by atoms with E-state index < -0.39 is 0 Å². The van der Waals surface area contributed by atoms with Crippen molar-refractivity contribution in [1.82, 2.24) is 0 Å². The Labute approximate surface area is 352 Å². The molecule has 0 amide bonds. The molecule has 0 aliphatic carbocycles. The van der Waals surface area contributed by atoms with Gasteiger partial charge in [0, 0.05) is 50.1 Å². The van der Waals surface area contributed by atoms with Gasteiger partial charge >= 0.3 is 0 Å². The highest BCUT2D eigenvalue weighted by Gasteiger charge is 2.27. The van der Waals surface area contributed by atoms with Crippen molar-refractivity contribution in [1.29, 1.82) is 0 Å². The molecule has 282 valence electrons. The minimum atomic E-state index is 0.850. The van der Waals surface area contributed by atoms with E-state index in [1.54, 1.807) is 28.4 Å². The Bertz CT molecular complexity index is 2570. The molecule has 57 heavy (non-hydrogen) atoms. The van der Waals surface area contributed by atoms with Crippen LogP contribution in [0.4, 0.5) is 0 Å². The quantitative estimate of drug-likeness (QED) is 0.123. The van der Waals surface area contributed by atoms with Crippen LogP contribution in [-0.4, -0.2) is 28.4 Å². The molecule has 0 bridgehead atoms. The zero-order valence-electron chi connectivity index (χ0n) is 31.5. The molecule has 0 aliphatic rings. The molecule has 9 heteroatoms. The van der Waals surface area contributed by atoms with Gasteiger partial charge in [0.25, 0.3) is 0 Å². The molecule has 0 radical (unpaired) electrons. The number of benzene rings is 4. The van der Waals surface area contributed by atoms with Crippen molar-refractivity contribution in [3.05, 3.63) is 146 Å². The summed E-state index contributed by atoms with van der Waals surface area (Å²) in [5.41, 5.74) is 7.23. The first-order valence-electron chi connectivity index (χ1n) is 18.2. The van der Waals surface area contributed by atoms with E-state index in [0.717, 1.165) is 23.0 Å². The summed E-state index contributed by atoms with van der Waals surface area (Å²) < 4.78 is 21.9. The second kappa shape index (κ2) is 16.2. The lowest BCUT2D eigenvalue weighted by Gasteiger charge is -2.07. The van der Waals surface area contributed by atoms with E-state index in [2.05, 4.69) is 97.1 Å². The van der Waals surface area contributed by atoms with Gasteiger partial charge in [-0.05, 0) is 168 Å². The van der Waals surface area contributed by atoms with E-state index in [1.807, 2.05) is 105 Å². The summed E-state index contributed by atoms with van der Waals surface area (Å²) in [5.74, 6) is 3.41. The third kappa shape index (κ3) is 7.45. The molecule has 9 aromatic rings. The van der Waals surface area contributed by atoms with Gasteiger partial charge in [-0.15, -0.1) is 56.7 Å². The molecule has 9 rings (SSSR count). The van der Waals surface area contributed by atoms with Crippen molar-refractivity contribution < 1.29 is 18.9 Å². The molecule has 4 nitrogen and oxygen atoms in total. The van der Waals surface area contributed by atoms with Crippen LogP contribution in [0.2, 0.25) is 0 Å². The Kier molecular flexibility index (Phi) is 10.6. The van der Waals surface area contributed by atoms with E-state index in [9.17, 15) is 0 Å². The minimum absolute atomic E-state index is 0.850. The van der Waals surface area contributed by atoms with Crippen molar-refractivity contribution in [2.45, 2.75) is 0 Å². The zero-order chi connectivity index (χ0) is 38.9. The summed E-state index contributed by atoms with van der Waals surface area (Å²) >= 11 is 9.24. The summed E-state index contributed by atoms with van der Waals surface area (Å²) in [6, 6.07) is 51.6. The maximum atomic E-state index is 5.48. The lowest BCUT2D eigenvalue weighted by Crippen LogP contribution is -1.81. The molecule has 0 fully saturated rings. The van der Waals surface area contributed by atoms with E-state index in [0.29, 0.717) is 0 Å². The Balaban J connectivity index is 1.24. The van der Waals surface area contributed by atoms with Crippen LogP contribution in [0.3, 0.4) is 0 Å². The maximum absolute atomic E-state index is 5.48. The van der Waals surface area contributed by atoms with Gasteiger partial charge in [0.1, 0.15) is 23.0 Å². The Morgan fingerprint density at radius 2 is 0.474 bits per heavy atom. The zero-order valence-corrected chi connectivity index (χ0v) is 35.6. The SMILES string of the molecule is COc1ccc(-c2ccc(-c3sc(-c4ccc(-c5ccc(OC)cc5)s4)c(-c4ccc(-c5ccc(OC)cc5)s4)c3-c3ccc(-c4ccc(OC)cc4)s3)s2)cc1. The molecule has 0 aliphatic heterocycles. The lowest BCUT2D eigenvalue weighted by molar-refractivity contribution is 0.415. The second-order valence-electron chi connectivity index (χ2n) is 13.1. The minimum Gasteiger partial charge on any atom is -0.497 e. The number of hydrogen-bond donors (Lipinski definition) is 0. The van der Waals surface area contributed by atoms with Crippen LogP contribution in [-0.2, 0) is 0 Å². The van der Waals surface area contributed by atoms with Crippen molar-refractivity contribution >= 4 is 56.7 Å². The fourth-order valence-electron chi connectivity index (χ4n) is 6.75. The van der Waals surface area contributed by atoms with Crippen LogP contribution in [0.15, 0.2) is 146 Å². The maximum Gasteiger partial charge on any atom is 0.118 e. The van der Waals surface area contributed by atoms with Crippen LogP contribution in [0.1, 0.15) is 0 Å². The monoisotopic (exact) mass is 836 g/mol. The van der Waals surface area contributed by atoms with Crippen LogP contribution >= 0.6 is 56.7 Å². The average molecular weight is 837 g/mol. The number of methoxy groups -OCH3 is 4. The van der Waals surface area contributed by atoms with Crippen LogP contribution in [0, 0.1) is 0 Å². The summed E-state index contributed by atoms with van der Waals surface area (Å²) in [6.07, 6.45) is 0. The number of ether oxygens (including phenoxy) is 4. The van der Waals surface area contributed by atoms with Crippen LogP contribution < -0.4 is 18.9 Å². The highest BCUT2D eigenvalue weighted by Crippen LogP contribution is 2.58. The topological polar surface area (TPSA) is 36.9 Å². The van der Waals surface area contributed by atoms with E-state index in [4.69, 9.17) is 18.9 Å². The molecular formula is C48H36O4S5. The lowest BCUT2D eigenvalue weighted by atomic mass is 10.0. The first-order valence-corrected chi connectivity index (χ1v) is 22.3. The predicted octanol–water partition coefficient (Wildman–Crippen LogP) is 15.4. The smallest absolute Gasteiger partial charge is 0.118 e. The van der Waals surface area contributed by atoms with E-state index in [1.165, 1.54) is 82.2 Å². The van der Waals surface area contributed by atoms with E-state index >= 15 is 0 Å². The summed E-state index contributed by atoms with van der Waals surface area (Å²) in [5, 5.41) is 0. The van der Waals surface area contributed by atoms with Crippen molar-refractivity contribution in [3.63, 3.8) is 0 Å². The molecular weight excluding hydrogens is 801 g/mol. The number of hydrogen-bond acceptors (Lipinski definition) is 9. The van der Waals surface area contributed by atoms with Gasteiger partial charge in [0.05, 0.1) is 38.2 Å². The molecule has 0 N–H and O–H groups in total. The molecule has 5 aromatic heterocycles. The first-order chi connectivity index (χ1) is 28.0. The van der Waals surface area contributed by atoms with Crippen molar-refractivity contribution in [2.24, 2.45) is 0 Å². The van der Waals surface area contributed by atoms with Gasteiger partial charge in [-0.2, -0.15) is 0 Å². The molecule has 0 spiro atoms. The van der Waals surface area contributed by atoms with Gasteiger partial charge in [-0.3, -0.25) is 0 Å². The Morgan fingerprint density at radius 1 is 0.246 bits per heavy atom. The summed E-state index contributed by atoms with van der Waals surface area (Å²) in [6.45, 7) is 0. The summed E-state index contributed by atoms with van der Waals surface area (Å²) in [4.78, 5) is 12.4. The van der Waals surface area contributed by atoms with Gasteiger partial charge in [-0.1, -0.05) is 0 Å². The van der Waals surface area contributed by atoms with Crippen LogP contribution in [0.5, 0.6) is 23.0 Å². The van der Waals surface area contributed by atoms with Crippen molar-refractivity contribution in [3.8, 4) is 105 Å². The average Bonchev–Trinajstić information content (AvgIpc) is 4.13. The fraction of sp³-hybridized carbons (Fsp3) is 0.0833. The Morgan fingerprint density at radius 3 is 0.737 bits per heavy atom. The molecule has 4 aromatic carbocycles. The highest BCUT2D eigenvalue weighted by atomic mass is 32.1. The molecule has 0 atom stereocenters. The van der Waals surface area contributed by atoms with Crippen molar-refractivity contribution in [2.75, 3.05) is 28.4 Å². The van der Waals surface area contributed by atoms with Gasteiger partial charge < -0.3 is 18.9 Å². The summed E-state index contributed by atoms with van der Waals surface area (Å²) in [7, 11) is 6.82. The second-order valence-corrected chi connectivity index (χ2v) is 18.4. The third-order valence-corrected chi connectivity index (χ3v) is 15.9. The highest BCUT2D eigenvalue weighted by molar-refractivity contribution is 7.30. The molecule has 0 saturated carbocycles. The predicted molar refractivity (Wildman–Crippen MR) is 246 cm³/mol. The number of thiophene rings is 5. The van der Waals surface area contributed by atoms with Gasteiger partial charge in [0.15, 0.2) is 0 Å². The fourth-order valence-corrected chi connectivity index (χ4v) is 12.6. The molecule has 5 heterocycles. The Hall–Kier alpha value is -5.42. The van der Waals surface area contributed by atoms with Crippen LogP contribution in [0.25, 0.3) is 82.2 Å².